The quantitative estimate of drug-likeness (QED) is 0.846. The Morgan fingerprint density at radius 1 is 1.14 bits per heavy atom. The average Bonchev–Trinajstić information content (AvgIpc) is 2.49. The van der Waals surface area contributed by atoms with Crippen LogP contribution < -0.4 is 10.2 Å². The molecule has 1 aromatic carbocycles. The van der Waals surface area contributed by atoms with Gasteiger partial charge in [0.1, 0.15) is 6.54 Å². The van der Waals surface area contributed by atoms with Gasteiger partial charge in [0, 0.05) is 11.7 Å². The maximum atomic E-state index is 12.2. The van der Waals surface area contributed by atoms with Gasteiger partial charge in [0.25, 0.3) is 0 Å². The number of nitrogens with one attached hydrogen (secondary N) is 1. The van der Waals surface area contributed by atoms with Gasteiger partial charge in [-0.15, -0.1) is 0 Å². The number of rotatable bonds is 6. The first-order valence-corrected chi connectivity index (χ1v) is 7.85. The van der Waals surface area contributed by atoms with Crippen molar-refractivity contribution in [1.82, 2.24) is 5.32 Å². The molecule has 1 saturated carbocycles. The molecule has 5 heteroatoms. The second-order valence-electron chi connectivity index (χ2n) is 6.11. The molecule has 0 spiro atoms. The van der Waals surface area contributed by atoms with Gasteiger partial charge in [0.2, 0.25) is 5.91 Å². The van der Waals surface area contributed by atoms with E-state index in [4.69, 9.17) is 5.11 Å². The van der Waals surface area contributed by atoms with Gasteiger partial charge in [-0.25, -0.2) is 0 Å². The molecule has 0 radical (unpaired) electrons. The predicted octanol–water partition coefficient (Wildman–Crippen LogP) is 2.27. The minimum atomic E-state index is -0.942. The lowest BCUT2D eigenvalue weighted by molar-refractivity contribution is -0.135. The number of nitrogens with zero attached hydrogens (tertiary/aromatic N) is 1. The van der Waals surface area contributed by atoms with E-state index in [1.807, 2.05) is 30.3 Å². The second-order valence-corrected chi connectivity index (χ2v) is 6.11. The minimum absolute atomic E-state index is 0.0718. The van der Waals surface area contributed by atoms with E-state index in [0.29, 0.717) is 0 Å². The van der Waals surface area contributed by atoms with Gasteiger partial charge in [-0.05, 0) is 43.7 Å². The topological polar surface area (TPSA) is 69.6 Å². The highest BCUT2D eigenvalue weighted by Crippen LogP contribution is 2.23. The summed E-state index contributed by atoms with van der Waals surface area (Å²) in [7, 11) is 0. The van der Waals surface area contributed by atoms with Crippen LogP contribution in [0.2, 0.25) is 0 Å². The average molecular weight is 304 g/mol. The van der Waals surface area contributed by atoms with Crippen molar-refractivity contribution < 1.29 is 14.7 Å². The molecule has 1 fully saturated rings. The van der Waals surface area contributed by atoms with Gasteiger partial charge in [-0.3, -0.25) is 9.59 Å². The molecule has 1 amide bonds. The number of para-hydroxylation sites is 1. The number of hydrogen-bond acceptors (Lipinski definition) is 3. The standard InChI is InChI=1S/C17H24N2O3/c1-13-7-9-14(10-8-13)18-16(20)11-19(12-17(21)22)15-5-3-2-4-6-15/h2-6,13-14H,7-12H2,1H3,(H,18,20)(H,21,22). The van der Waals surface area contributed by atoms with Crippen LogP contribution in [0.4, 0.5) is 5.69 Å². The molecule has 0 unspecified atom stereocenters. The summed E-state index contributed by atoms with van der Waals surface area (Å²) < 4.78 is 0. The highest BCUT2D eigenvalue weighted by molar-refractivity contribution is 5.84. The third-order valence-electron chi connectivity index (χ3n) is 4.16. The first kappa shape index (κ1) is 16.3. The first-order chi connectivity index (χ1) is 10.5. The zero-order chi connectivity index (χ0) is 15.9. The van der Waals surface area contributed by atoms with Crippen molar-refractivity contribution in [2.45, 2.75) is 38.6 Å². The second kappa shape index (κ2) is 7.82. The molecule has 120 valence electrons. The Morgan fingerprint density at radius 2 is 1.77 bits per heavy atom. The molecule has 0 bridgehead atoms. The summed E-state index contributed by atoms with van der Waals surface area (Å²) in [5.74, 6) is -0.311. The van der Waals surface area contributed by atoms with Gasteiger partial charge in [0.05, 0.1) is 6.54 Å². The fourth-order valence-electron chi connectivity index (χ4n) is 2.89. The molecule has 5 nitrogen and oxygen atoms in total. The Bertz CT molecular complexity index is 496. The zero-order valence-electron chi connectivity index (χ0n) is 13.0. The normalized spacial score (nSPS) is 21.1. The van der Waals surface area contributed by atoms with Crippen molar-refractivity contribution in [3.8, 4) is 0 Å². The molecule has 0 atom stereocenters. The number of aliphatic carboxylic acids is 1. The maximum absolute atomic E-state index is 12.2. The van der Waals surface area contributed by atoms with Gasteiger partial charge >= 0.3 is 5.97 Å². The van der Waals surface area contributed by atoms with E-state index in [1.165, 1.54) is 0 Å². The van der Waals surface area contributed by atoms with Crippen LogP contribution in [0.15, 0.2) is 30.3 Å². The zero-order valence-corrected chi connectivity index (χ0v) is 13.0. The fraction of sp³-hybridized carbons (Fsp3) is 0.529. The van der Waals surface area contributed by atoms with Gasteiger partial charge in [-0.2, -0.15) is 0 Å². The number of anilines is 1. The molecule has 0 aromatic heterocycles. The van der Waals surface area contributed by atoms with E-state index >= 15 is 0 Å². The van der Waals surface area contributed by atoms with Crippen molar-refractivity contribution in [2.75, 3.05) is 18.0 Å². The molecule has 0 heterocycles. The highest BCUT2D eigenvalue weighted by Gasteiger charge is 2.21. The SMILES string of the molecule is CC1CCC(NC(=O)CN(CC(=O)O)c2ccccc2)CC1. The van der Waals surface area contributed by atoms with Crippen molar-refractivity contribution in [3.05, 3.63) is 30.3 Å². The van der Waals surface area contributed by atoms with E-state index in [0.717, 1.165) is 37.3 Å². The summed E-state index contributed by atoms with van der Waals surface area (Å²) in [6, 6.07) is 9.41. The number of carboxylic acid groups (broad SMARTS) is 1. The van der Waals surface area contributed by atoms with Crippen molar-refractivity contribution >= 4 is 17.6 Å². The van der Waals surface area contributed by atoms with E-state index in [-0.39, 0.29) is 25.0 Å². The van der Waals surface area contributed by atoms with Crippen molar-refractivity contribution in [1.29, 1.82) is 0 Å². The van der Waals surface area contributed by atoms with E-state index < -0.39 is 5.97 Å². The summed E-state index contributed by atoms with van der Waals surface area (Å²) in [4.78, 5) is 24.8. The number of carboxylic acids is 1. The number of hydrogen-bond donors (Lipinski definition) is 2. The largest absolute Gasteiger partial charge is 0.480 e. The number of benzene rings is 1. The molecule has 0 saturated heterocycles. The van der Waals surface area contributed by atoms with Crippen LogP contribution in [-0.4, -0.2) is 36.1 Å². The van der Waals surface area contributed by atoms with Gasteiger partial charge in [0.15, 0.2) is 0 Å². The Kier molecular flexibility index (Phi) is 5.81. The Morgan fingerprint density at radius 3 is 2.36 bits per heavy atom. The van der Waals surface area contributed by atoms with Gasteiger partial charge < -0.3 is 15.3 Å². The molecule has 0 aliphatic heterocycles. The molecule has 2 N–H and O–H groups in total. The molecule has 1 aliphatic rings. The lowest BCUT2D eigenvalue weighted by Crippen LogP contribution is -2.44. The number of amides is 1. The Balaban J connectivity index is 1.92. The third kappa shape index (κ3) is 5.06. The van der Waals surface area contributed by atoms with Crippen LogP contribution in [0.25, 0.3) is 0 Å². The Hall–Kier alpha value is -2.04. The molecular formula is C17H24N2O3. The smallest absolute Gasteiger partial charge is 0.323 e. The van der Waals surface area contributed by atoms with E-state index in [2.05, 4.69) is 12.2 Å². The minimum Gasteiger partial charge on any atom is -0.480 e. The van der Waals surface area contributed by atoms with Crippen molar-refractivity contribution in [2.24, 2.45) is 5.92 Å². The van der Waals surface area contributed by atoms with Crippen LogP contribution in [0, 0.1) is 5.92 Å². The molecule has 2 rings (SSSR count). The molecule has 1 aromatic rings. The summed E-state index contributed by atoms with van der Waals surface area (Å²) in [6.07, 6.45) is 4.30. The third-order valence-corrected chi connectivity index (χ3v) is 4.16. The maximum Gasteiger partial charge on any atom is 0.323 e. The lowest BCUT2D eigenvalue weighted by Gasteiger charge is -2.28. The number of carbonyl (C=O) groups excluding carboxylic acids is 1. The molecule has 22 heavy (non-hydrogen) atoms. The monoisotopic (exact) mass is 304 g/mol. The summed E-state index contributed by atoms with van der Waals surface area (Å²) >= 11 is 0. The molecule has 1 aliphatic carbocycles. The van der Waals surface area contributed by atoms with Crippen LogP contribution >= 0.6 is 0 Å². The lowest BCUT2D eigenvalue weighted by atomic mass is 9.87. The molecular weight excluding hydrogens is 280 g/mol. The van der Waals surface area contributed by atoms with Crippen LogP contribution in [0.5, 0.6) is 0 Å². The summed E-state index contributed by atoms with van der Waals surface area (Å²) in [6.45, 7) is 2.13. The first-order valence-electron chi connectivity index (χ1n) is 7.85. The summed E-state index contributed by atoms with van der Waals surface area (Å²) in [5.41, 5.74) is 0.748. The van der Waals surface area contributed by atoms with Crippen LogP contribution in [0.3, 0.4) is 0 Å². The summed E-state index contributed by atoms with van der Waals surface area (Å²) in [5, 5.41) is 12.1. The van der Waals surface area contributed by atoms with Crippen molar-refractivity contribution in [3.63, 3.8) is 0 Å². The van der Waals surface area contributed by atoms with E-state index in [9.17, 15) is 9.59 Å². The van der Waals surface area contributed by atoms with Crippen LogP contribution in [0.1, 0.15) is 32.6 Å². The van der Waals surface area contributed by atoms with Gasteiger partial charge in [-0.1, -0.05) is 25.1 Å². The fourth-order valence-corrected chi connectivity index (χ4v) is 2.89. The number of carbonyl (C=O) groups is 2. The van der Waals surface area contributed by atoms with Crippen LogP contribution in [-0.2, 0) is 9.59 Å². The highest BCUT2D eigenvalue weighted by atomic mass is 16.4. The Labute approximate surface area is 131 Å². The van der Waals surface area contributed by atoms with E-state index in [1.54, 1.807) is 4.90 Å². The predicted molar refractivity (Wildman–Crippen MR) is 85.9 cm³/mol.